The maximum absolute atomic E-state index is 12.5. The molecule has 106 valence electrons. The maximum Gasteiger partial charge on any atom is 0.0871 e. The summed E-state index contributed by atoms with van der Waals surface area (Å²) in [5, 5.41) is 10.0. The van der Waals surface area contributed by atoms with Crippen molar-refractivity contribution in [1.29, 1.82) is 0 Å². The molecule has 2 nitrogen and oxygen atoms in total. The van der Waals surface area contributed by atoms with Crippen LogP contribution in [-0.2, 0) is 10.8 Å². The zero-order valence-electron chi connectivity index (χ0n) is 12.1. The van der Waals surface area contributed by atoms with Gasteiger partial charge in [-0.25, -0.2) is 4.21 Å². The topological polar surface area (TPSA) is 37.3 Å². The molecule has 1 N–H and O–H groups in total. The third kappa shape index (κ3) is 4.92. The average molecular weight is 280 g/mol. The molecule has 0 spiro atoms. The monoisotopic (exact) mass is 280 g/mol. The van der Waals surface area contributed by atoms with Gasteiger partial charge in [-0.3, -0.25) is 0 Å². The number of aliphatic hydroxyl groups excluding tert-OH is 1. The largest absolute Gasteiger partial charge is 0.388 e. The lowest BCUT2D eigenvalue weighted by molar-refractivity contribution is 0.214. The van der Waals surface area contributed by atoms with E-state index in [0.717, 1.165) is 29.7 Å². The van der Waals surface area contributed by atoms with Crippen LogP contribution < -0.4 is 0 Å². The van der Waals surface area contributed by atoms with E-state index in [9.17, 15) is 9.32 Å². The van der Waals surface area contributed by atoms with Crippen molar-refractivity contribution in [3.05, 3.63) is 40.8 Å². The summed E-state index contributed by atoms with van der Waals surface area (Å²) in [6.07, 6.45) is 4.97. The Kier molecular flexibility index (Phi) is 7.03. The summed E-state index contributed by atoms with van der Waals surface area (Å²) >= 11 is 0. The predicted octanol–water partition coefficient (Wildman–Crippen LogP) is 3.95. The highest BCUT2D eigenvalue weighted by molar-refractivity contribution is 7.89. The van der Waals surface area contributed by atoms with E-state index in [1.165, 1.54) is 0 Å². The Hall–Kier alpha value is -0.930. The van der Waals surface area contributed by atoms with Gasteiger partial charge in [0.1, 0.15) is 0 Å². The van der Waals surface area contributed by atoms with E-state index in [2.05, 4.69) is 6.92 Å². The molecule has 1 aromatic rings. The number of rotatable bonds is 7. The summed E-state index contributed by atoms with van der Waals surface area (Å²) in [6.45, 7) is 6.04. The van der Waals surface area contributed by atoms with E-state index < -0.39 is 16.9 Å². The molecular weight excluding hydrogens is 256 g/mol. The van der Waals surface area contributed by atoms with Crippen LogP contribution in [0.5, 0.6) is 0 Å². The Morgan fingerprint density at radius 1 is 1.32 bits per heavy atom. The molecule has 1 rings (SSSR count). The first-order chi connectivity index (χ1) is 9.10. The smallest absolute Gasteiger partial charge is 0.0871 e. The van der Waals surface area contributed by atoms with Crippen molar-refractivity contribution in [2.45, 2.75) is 57.5 Å². The van der Waals surface area contributed by atoms with Crippen molar-refractivity contribution in [1.82, 2.24) is 0 Å². The standard InChI is InChI=1S/C16H24O2S/c1-4-6-7-8-16(15(17)5-2)19(18)14-11-9-13(3)10-12-14/h8-12,15,17H,4-7H2,1-3H3/b16-8+/t15-,19?/m0/s1. The van der Waals surface area contributed by atoms with Crippen molar-refractivity contribution in [2.75, 3.05) is 0 Å². The zero-order valence-corrected chi connectivity index (χ0v) is 12.9. The molecule has 0 aromatic heterocycles. The van der Waals surface area contributed by atoms with Gasteiger partial charge < -0.3 is 5.11 Å². The van der Waals surface area contributed by atoms with Crippen LogP contribution in [0.2, 0.25) is 0 Å². The fourth-order valence-corrected chi connectivity index (χ4v) is 3.12. The zero-order chi connectivity index (χ0) is 14.3. The van der Waals surface area contributed by atoms with E-state index in [4.69, 9.17) is 0 Å². The van der Waals surface area contributed by atoms with Gasteiger partial charge in [0.2, 0.25) is 0 Å². The highest BCUT2D eigenvalue weighted by Gasteiger charge is 2.17. The Morgan fingerprint density at radius 3 is 2.47 bits per heavy atom. The van der Waals surface area contributed by atoms with Crippen molar-refractivity contribution < 1.29 is 9.32 Å². The molecular formula is C16H24O2S. The quantitative estimate of drug-likeness (QED) is 0.768. The molecule has 0 saturated carbocycles. The first kappa shape index (κ1) is 16.1. The molecule has 2 atom stereocenters. The Labute approximate surface area is 119 Å². The van der Waals surface area contributed by atoms with Crippen molar-refractivity contribution >= 4 is 10.8 Å². The lowest BCUT2D eigenvalue weighted by Crippen LogP contribution is -2.13. The summed E-state index contributed by atoms with van der Waals surface area (Å²) in [7, 11) is -1.25. The number of allylic oxidation sites excluding steroid dienone is 1. The van der Waals surface area contributed by atoms with E-state index in [-0.39, 0.29) is 0 Å². The van der Waals surface area contributed by atoms with Crippen LogP contribution >= 0.6 is 0 Å². The van der Waals surface area contributed by atoms with Crippen LogP contribution in [0, 0.1) is 6.92 Å². The van der Waals surface area contributed by atoms with E-state index in [1.807, 2.05) is 44.2 Å². The Morgan fingerprint density at radius 2 is 1.95 bits per heavy atom. The number of hydrogen-bond donors (Lipinski definition) is 1. The summed E-state index contributed by atoms with van der Waals surface area (Å²) in [5.74, 6) is 0. The first-order valence-electron chi connectivity index (χ1n) is 6.96. The fourth-order valence-electron chi connectivity index (χ4n) is 1.78. The lowest BCUT2D eigenvalue weighted by Gasteiger charge is -2.13. The van der Waals surface area contributed by atoms with E-state index >= 15 is 0 Å². The summed E-state index contributed by atoms with van der Waals surface area (Å²) in [5.41, 5.74) is 1.15. The molecule has 0 aliphatic carbocycles. The van der Waals surface area contributed by atoms with Crippen molar-refractivity contribution in [2.24, 2.45) is 0 Å². The molecule has 3 heteroatoms. The normalized spacial score (nSPS) is 15.3. The second-order valence-electron chi connectivity index (χ2n) is 4.75. The minimum Gasteiger partial charge on any atom is -0.388 e. The van der Waals surface area contributed by atoms with Gasteiger partial charge in [-0.1, -0.05) is 50.5 Å². The SMILES string of the molecule is CCCC/C=C(\[C@@H](O)CC)S(=O)c1ccc(C)cc1. The van der Waals surface area contributed by atoms with Crippen LogP contribution in [-0.4, -0.2) is 15.4 Å². The van der Waals surface area contributed by atoms with E-state index in [1.54, 1.807) is 0 Å². The molecule has 1 unspecified atom stereocenters. The van der Waals surface area contributed by atoms with Crippen LogP contribution in [0.15, 0.2) is 40.1 Å². The Balaban J connectivity index is 2.93. The molecule has 0 radical (unpaired) electrons. The summed E-state index contributed by atoms with van der Waals surface area (Å²) in [6, 6.07) is 7.66. The number of unbranched alkanes of at least 4 members (excludes halogenated alkanes) is 2. The fraction of sp³-hybridized carbons (Fsp3) is 0.500. The van der Waals surface area contributed by atoms with Crippen LogP contribution in [0.4, 0.5) is 0 Å². The predicted molar refractivity (Wildman–Crippen MR) is 81.5 cm³/mol. The number of aryl methyl sites for hydroxylation is 1. The van der Waals surface area contributed by atoms with Gasteiger partial charge in [0, 0.05) is 9.80 Å². The highest BCUT2D eigenvalue weighted by atomic mass is 32.2. The first-order valence-corrected chi connectivity index (χ1v) is 8.11. The van der Waals surface area contributed by atoms with Gasteiger partial charge in [-0.05, 0) is 31.9 Å². The van der Waals surface area contributed by atoms with Gasteiger partial charge in [0.15, 0.2) is 0 Å². The molecule has 0 amide bonds. The second-order valence-corrected chi connectivity index (χ2v) is 6.23. The van der Waals surface area contributed by atoms with Crippen LogP contribution in [0.25, 0.3) is 0 Å². The highest BCUT2D eigenvalue weighted by Crippen LogP contribution is 2.21. The van der Waals surface area contributed by atoms with Gasteiger partial charge >= 0.3 is 0 Å². The summed E-state index contributed by atoms with van der Waals surface area (Å²) in [4.78, 5) is 1.42. The number of aliphatic hydroxyl groups is 1. The molecule has 0 fully saturated rings. The van der Waals surface area contributed by atoms with Gasteiger partial charge in [-0.15, -0.1) is 0 Å². The van der Waals surface area contributed by atoms with E-state index in [0.29, 0.717) is 11.3 Å². The molecule has 0 heterocycles. The molecule has 0 aliphatic heterocycles. The van der Waals surface area contributed by atoms with Crippen LogP contribution in [0.1, 0.15) is 45.1 Å². The summed E-state index contributed by atoms with van der Waals surface area (Å²) < 4.78 is 12.5. The molecule has 0 saturated heterocycles. The molecule has 0 bridgehead atoms. The lowest BCUT2D eigenvalue weighted by atomic mass is 10.2. The third-order valence-corrected chi connectivity index (χ3v) is 4.63. The van der Waals surface area contributed by atoms with Crippen molar-refractivity contribution in [3.8, 4) is 0 Å². The van der Waals surface area contributed by atoms with Gasteiger partial charge in [0.05, 0.1) is 16.9 Å². The maximum atomic E-state index is 12.5. The number of benzene rings is 1. The average Bonchev–Trinajstić information content (AvgIpc) is 2.43. The van der Waals surface area contributed by atoms with Gasteiger partial charge in [0.25, 0.3) is 0 Å². The van der Waals surface area contributed by atoms with Crippen LogP contribution in [0.3, 0.4) is 0 Å². The molecule has 0 aliphatic rings. The third-order valence-electron chi connectivity index (χ3n) is 3.07. The number of hydrogen-bond acceptors (Lipinski definition) is 2. The van der Waals surface area contributed by atoms with Gasteiger partial charge in [-0.2, -0.15) is 0 Å². The van der Waals surface area contributed by atoms with Crippen molar-refractivity contribution in [3.63, 3.8) is 0 Å². The Bertz CT molecular complexity index is 435. The molecule has 19 heavy (non-hydrogen) atoms. The minimum absolute atomic E-state index is 0.593. The second kappa shape index (κ2) is 8.28. The molecule has 1 aromatic carbocycles. The minimum atomic E-state index is -1.25.